The highest BCUT2D eigenvalue weighted by Crippen LogP contribution is 2.23. The SMILES string of the molecule is CC(=O)Nc1ccc(N(CCC(=O)Nc2ccc(C(C)(C)C)cc2)C(C)=O)cc1. The fraction of sp³-hybridized carbons (Fsp3) is 0.348. The van der Waals surface area contributed by atoms with Crippen LogP contribution in [-0.2, 0) is 19.8 Å². The fourth-order valence-corrected chi connectivity index (χ4v) is 2.89. The zero-order valence-corrected chi connectivity index (χ0v) is 17.7. The van der Waals surface area contributed by atoms with Crippen LogP contribution in [0, 0.1) is 0 Å². The maximum absolute atomic E-state index is 12.3. The van der Waals surface area contributed by atoms with Crippen molar-refractivity contribution in [1.29, 1.82) is 0 Å². The molecule has 0 radical (unpaired) electrons. The topological polar surface area (TPSA) is 78.5 Å². The van der Waals surface area contributed by atoms with Crippen LogP contribution in [-0.4, -0.2) is 24.3 Å². The minimum absolute atomic E-state index is 0.0556. The third-order valence-corrected chi connectivity index (χ3v) is 4.48. The average Bonchev–Trinajstić information content (AvgIpc) is 2.62. The first-order valence-corrected chi connectivity index (χ1v) is 9.62. The number of carbonyl (C=O) groups excluding carboxylic acids is 3. The van der Waals surface area contributed by atoms with E-state index in [2.05, 4.69) is 31.4 Å². The van der Waals surface area contributed by atoms with Crippen LogP contribution >= 0.6 is 0 Å². The molecule has 0 aromatic heterocycles. The summed E-state index contributed by atoms with van der Waals surface area (Å²) in [6.45, 7) is 9.58. The predicted octanol–water partition coefficient (Wildman–Crippen LogP) is 4.32. The second-order valence-electron chi connectivity index (χ2n) is 8.02. The minimum atomic E-state index is -0.159. The molecule has 3 amide bonds. The number of nitrogens with one attached hydrogen (secondary N) is 2. The molecule has 29 heavy (non-hydrogen) atoms. The standard InChI is InChI=1S/C23H29N3O3/c1-16(27)24-19-10-12-21(13-11-19)26(17(2)28)15-14-22(29)25-20-8-6-18(7-9-20)23(3,4)5/h6-13H,14-15H2,1-5H3,(H,24,27)(H,25,29). The van der Waals surface area contributed by atoms with Crippen molar-refractivity contribution in [1.82, 2.24) is 0 Å². The van der Waals surface area contributed by atoms with E-state index in [-0.39, 0.29) is 36.1 Å². The van der Waals surface area contributed by atoms with Crippen molar-refractivity contribution >= 4 is 34.8 Å². The van der Waals surface area contributed by atoms with Crippen molar-refractivity contribution in [2.24, 2.45) is 0 Å². The number of hydrogen-bond donors (Lipinski definition) is 2. The quantitative estimate of drug-likeness (QED) is 0.764. The molecule has 0 saturated carbocycles. The molecule has 0 aliphatic carbocycles. The Balaban J connectivity index is 1.97. The van der Waals surface area contributed by atoms with E-state index in [0.717, 1.165) is 5.69 Å². The third kappa shape index (κ3) is 6.75. The number of benzene rings is 2. The van der Waals surface area contributed by atoms with Crippen molar-refractivity contribution in [3.63, 3.8) is 0 Å². The molecular formula is C23H29N3O3. The largest absolute Gasteiger partial charge is 0.326 e. The molecule has 0 atom stereocenters. The van der Waals surface area contributed by atoms with Gasteiger partial charge >= 0.3 is 0 Å². The summed E-state index contributed by atoms with van der Waals surface area (Å²) < 4.78 is 0. The molecule has 6 heteroatoms. The number of carbonyl (C=O) groups is 3. The van der Waals surface area contributed by atoms with Gasteiger partial charge in [0.1, 0.15) is 0 Å². The molecule has 0 unspecified atom stereocenters. The van der Waals surface area contributed by atoms with E-state index in [4.69, 9.17) is 0 Å². The Bertz CT molecular complexity index is 866. The van der Waals surface area contributed by atoms with Crippen molar-refractivity contribution in [2.45, 2.75) is 46.5 Å². The van der Waals surface area contributed by atoms with Gasteiger partial charge in [-0.15, -0.1) is 0 Å². The molecule has 2 rings (SSSR count). The fourth-order valence-electron chi connectivity index (χ4n) is 2.89. The highest BCUT2D eigenvalue weighted by atomic mass is 16.2. The molecule has 0 bridgehead atoms. The molecule has 0 saturated heterocycles. The first-order chi connectivity index (χ1) is 13.6. The highest BCUT2D eigenvalue weighted by Gasteiger charge is 2.15. The predicted molar refractivity (Wildman–Crippen MR) is 117 cm³/mol. The van der Waals surface area contributed by atoms with Gasteiger partial charge in [0.05, 0.1) is 0 Å². The number of anilines is 3. The van der Waals surface area contributed by atoms with Gasteiger partial charge in [0.25, 0.3) is 0 Å². The molecule has 154 valence electrons. The number of hydrogen-bond acceptors (Lipinski definition) is 3. The monoisotopic (exact) mass is 395 g/mol. The van der Waals surface area contributed by atoms with Crippen LogP contribution in [0.1, 0.15) is 46.6 Å². The number of nitrogens with zero attached hydrogens (tertiary/aromatic N) is 1. The van der Waals surface area contributed by atoms with Gasteiger partial charge in [-0.25, -0.2) is 0 Å². The van der Waals surface area contributed by atoms with E-state index in [1.807, 2.05) is 24.3 Å². The highest BCUT2D eigenvalue weighted by molar-refractivity contribution is 5.95. The molecule has 2 aromatic rings. The lowest BCUT2D eigenvalue weighted by atomic mass is 9.87. The van der Waals surface area contributed by atoms with Gasteiger partial charge < -0.3 is 15.5 Å². The number of amides is 3. The van der Waals surface area contributed by atoms with E-state index in [0.29, 0.717) is 11.4 Å². The van der Waals surface area contributed by atoms with E-state index in [9.17, 15) is 14.4 Å². The van der Waals surface area contributed by atoms with Crippen LogP contribution in [0.2, 0.25) is 0 Å². The lowest BCUT2D eigenvalue weighted by molar-refractivity contribution is -0.117. The number of rotatable bonds is 6. The second kappa shape index (κ2) is 9.37. The molecule has 0 spiro atoms. The van der Waals surface area contributed by atoms with Crippen LogP contribution in [0.15, 0.2) is 48.5 Å². The summed E-state index contributed by atoms with van der Waals surface area (Å²) in [7, 11) is 0. The molecule has 0 aliphatic heterocycles. The summed E-state index contributed by atoms with van der Waals surface area (Å²) >= 11 is 0. The van der Waals surface area contributed by atoms with Crippen molar-refractivity contribution < 1.29 is 14.4 Å². The minimum Gasteiger partial charge on any atom is -0.326 e. The summed E-state index contributed by atoms with van der Waals surface area (Å²) in [6, 6.07) is 14.7. The molecule has 2 N–H and O–H groups in total. The summed E-state index contributed by atoms with van der Waals surface area (Å²) in [5.41, 5.74) is 3.31. The molecule has 0 fully saturated rings. The summed E-state index contributed by atoms with van der Waals surface area (Å²) in [5.74, 6) is -0.470. The van der Waals surface area contributed by atoms with Gasteiger partial charge in [-0.2, -0.15) is 0 Å². The average molecular weight is 396 g/mol. The van der Waals surface area contributed by atoms with Gasteiger partial charge in [-0.1, -0.05) is 32.9 Å². The van der Waals surface area contributed by atoms with E-state index in [1.165, 1.54) is 19.4 Å². The summed E-state index contributed by atoms with van der Waals surface area (Å²) in [4.78, 5) is 37.0. The van der Waals surface area contributed by atoms with E-state index < -0.39 is 0 Å². The van der Waals surface area contributed by atoms with Crippen molar-refractivity contribution in [3.05, 3.63) is 54.1 Å². The Morgan fingerprint density at radius 2 is 1.34 bits per heavy atom. The first-order valence-electron chi connectivity index (χ1n) is 9.62. The zero-order valence-electron chi connectivity index (χ0n) is 17.7. The molecular weight excluding hydrogens is 366 g/mol. The van der Waals surface area contributed by atoms with Gasteiger partial charge in [0.15, 0.2) is 0 Å². The van der Waals surface area contributed by atoms with Crippen LogP contribution in [0.4, 0.5) is 17.1 Å². The molecule has 0 heterocycles. The van der Waals surface area contributed by atoms with Crippen molar-refractivity contribution in [3.8, 4) is 0 Å². The third-order valence-electron chi connectivity index (χ3n) is 4.48. The Hall–Kier alpha value is -3.15. The van der Waals surface area contributed by atoms with Gasteiger partial charge in [-0.05, 0) is 47.4 Å². The van der Waals surface area contributed by atoms with Crippen molar-refractivity contribution in [2.75, 3.05) is 22.1 Å². The summed E-state index contributed by atoms with van der Waals surface area (Å²) in [6.07, 6.45) is 0.175. The van der Waals surface area contributed by atoms with E-state index >= 15 is 0 Å². The van der Waals surface area contributed by atoms with Gasteiger partial charge in [0.2, 0.25) is 17.7 Å². The second-order valence-corrected chi connectivity index (χ2v) is 8.02. The Morgan fingerprint density at radius 1 is 0.828 bits per heavy atom. The van der Waals surface area contributed by atoms with Gasteiger partial charge in [-0.3, -0.25) is 14.4 Å². The lowest BCUT2D eigenvalue weighted by Crippen LogP contribution is -2.31. The maximum Gasteiger partial charge on any atom is 0.226 e. The molecule has 6 nitrogen and oxygen atoms in total. The van der Waals surface area contributed by atoms with Crippen LogP contribution < -0.4 is 15.5 Å². The Kier molecular flexibility index (Phi) is 7.15. The van der Waals surface area contributed by atoms with Crippen LogP contribution in [0.3, 0.4) is 0 Å². The maximum atomic E-state index is 12.3. The van der Waals surface area contributed by atoms with Gasteiger partial charge in [0, 0.05) is 43.9 Å². The Morgan fingerprint density at radius 3 is 1.83 bits per heavy atom. The first kappa shape index (κ1) is 22.1. The lowest BCUT2D eigenvalue weighted by Gasteiger charge is -2.21. The van der Waals surface area contributed by atoms with Crippen LogP contribution in [0.25, 0.3) is 0 Å². The molecule has 0 aliphatic rings. The molecule has 2 aromatic carbocycles. The Labute approximate surface area is 172 Å². The normalized spacial score (nSPS) is 10.9. The van der Waals surface area contributed by atoms with E-state index in [1.54, 1.807) is 29.2 Å². The smallest absolute Gasteiger partial charge is 0.226 e. The zero-order chi connectivity index (χ0) is 21.6. The van der Waals surface area contributed by atoms with Crippen LogP contribution in [0.5, 0.6) is 0 Å². The summed E-state index contributed by atoms with van der Waals surface area (Å²) in [5, 5.41) is 5.56.